The van der Waals surface area contributed by atoms with Crippen molar-refractivity contribution in [1.29, 1.82) is 0 Å². The topological polar surface area (TPSA) is 73.0 Å². The number of imide groups is 1. The molecule has 2 heterocycles. The van der Waals surface area contributed by atoms with E-state index < -0.39 is 11.6 Å². The van der Waals surface area contributed by atoms with Crippen molar-refractivity contribution >= 4 is 17.8 Å². The molecule has 8 heteroatoms. The van der Waals surface area contributed by atoms with Crippen molar-refractivity contribution in [2.24, 2.45) is 11.8 Å². The number of halogens is 1. The second-order valence-electron chi connectivity index (χ2n) is 10.1. The number of amides is 4. The van der Waals surface area contributed by atoms with Gasteiger partial charge in [0, 0.05) is 39.0 Å². The van der Waals surface area contributed by atoms with Gasteiger partial charge in [-0.15, -0.1) is 0 Å². The maximum atomic E-state index is 13.9. The van der Waals surface area contributed by atoms with Gasteiger partial charge in [0.25, 0.3) is 5.91 Å². The molecule has 3 rings (SSSR count). The molecule has 0 spiro atoms. The zero-order valence-electron chi connectivity index (χ0n) is 20.3. The molecule has 2 aliphatic heterocycles. The molecule has 1 atom stereocenters. The molecule has 1 unspecified atom stereocenters. The summed E-state index contributed by atoms with van der Waals surface area (Å²) in [5, 5.41) is 3.01. The Morgan fingerprint density at radius 1 is 1.24 bits per heavy atom. The van der Waals surface area contributed by atoms with Gasteiger partial charge < -0.3 is 15.1 Å². The quantitative estimate of drug-likeness (QED) is 0.575. The molecular weight excluding hydrogens is 423 g/mol. The van der Waals surface area contributed by atoms with Crippen molar-refractivity contribution in [3.05, 3.63) is 35.6 Å². The molecule has 1 N–H and O–H groups in total. The van der Waals surface area contributed by atoms with Gasteiger partial charge in [0.1, 0.15) is 11.4 Å². The summed E-state index contributed by atoms with van der Waals surface area (Å²) in [6.45, 7) is 6.20. The van der Waals surface area contributed by atoms with Gasteiger partial charge in [-0.1, -0.05) is 26.0 Å². The van der Waals surface area contributed by atoms with Crippen LogP contribution in [-0.2, 0) is 16.0 Å². The first-order valence-electron chi connectivity index (χ1n) is 11.9. The van der Waals surface area contributed by atoms with E-state index in [1.807, 2.05) is 23.9 Å². The number of carbonyl (C=O) groups is 3. The highest BCUT2D eigenvalue weighted by molar-refractivity contribution is 6.07. The van der Waals surface area contributed by atoms with Crippen molar-refractivity contribution < 1.29 is 18.8 Å². The highest BCUT2D eigenvalue weighted by atomic mass is 19.1. The van der Waals surface area contributed by atoms with Gasteiger partial charge in [0.05, 0.1) is 0 Å². The Balaban J connectivity index is 1.80. The standard InChI is InChI=1S/C25H37FN4O3/c1-18(2)8-9-22(31)29-12-10-20(11-13-29)25(17-19-6-5-7-21(26)16-19)23(32)30(24(33)27-25)15-14-28(3)4/h5-7,16,18,20H,8-15,17H2,1-4H3,(H,27,33). The molecule has 0 radical (unpaired) electrons. The molecule has 2 fully saturated rings. The third-order valence-electron chi connectivity index (χ3n) is 6.82. The summed E-state index contributed by atoms with van der Waals surface area (Å²) in [5.74, 6) is -0.121. The van der Waals surface area contributed by atoms with Crippen molar-refractivity contribution in [3.8, 4) is 0 Å². The smallest absolute Gasteiger partial charge is 0.325 e. The van der Waals surface area contributed by atoms with E-state index >= 15 is 0 Å². The average molecular weight is 461 g/mol. The lowest BCUT2D eigenvalue weighted by atomic mass is 9.73. The number of nitrogens with one attached hydrogen (secondary N) is 1. The third kappa shape index (κ3) is 5.91. The Bertz CT molecular complexity index is 867. The molecule has 1 aromatic carbocycles. The summed E-state index contributed by atoms with van der Waals surface area (Å²) in [7, 11) is 3.79. The summed E-state index contributed by atoms with van der Waals surface area (Å²) in [4.78, 5) is 44.2. The van der Waals surface area contributed by atoms with E-state index in [2.05, 4.69) is 19.2 Å². The van der Waals surface area contributed by atoms with Gasteiger partial charge in [0.15, 0.2) is 0 Å². The number of carbonyl (C=O) groups excluding carboxylic acids is 3. The Hall–Kier alpha value is -2.48. The lowest BCUT2D eigenvalue weighted by Crippen LogP contribution is -2.58. The van der Waals surface area contributed by atoms with Gasteiger partial charge in [-0.05, 0) is 62.9 Å². The van der Waals surface area contributed by atoms with Crippen LogP contribution >= 0.6 is 0 Å². The Morgan fingerprint density at radius 2 is 1.94 bits per heavy atom. The predicted molar refractivity (Wildman–Crippen MR) is 125 cm³/mol. The molecule has 1 aromatic rings. The fourth-order valence-corrected chi connectivity index (χ4v) is 4.85. The Labute approximate surface area is 196 Å². The van der Waals surface area contributed by atoms with Crippen LogP contribution in [0.2, 0.25) is 0 Å². The third-order valence-corrected chi connectivity index (χ3v) is 6.82. The fraction of sp³-hybridized carbons (Fsp3) is 0.640. The second-order valence-corrected chi connectivity index (χ2v) is 10.1. The molecule has 4 amide bonds. The van der Waals surface area contributed by atoms with Crippen molar-refractivity contribution in [1.82, 2.24) is 20.0 Å². The second kappa shape index (κ2) is 10.6. The minimum absolute atomic E-state index is 0.129. The first-order valence-corrected chi connectivity index (χ1v) is 11.9. The molecule has 0 aliphatic carbocycles. The van der Waals surface area contributed by atoms with Crippen LogP contribution in [0.3, 0.4) is 0 Å². The minimum atomic E-state index is -1.12. The van der Waals surface area contributed by atoms with Crippen LogP contribution in [0.25, 0.3) is 0 Å². The zero-order valence-corrected chi connectivity index (χ0v) is 20.3. The number of nitrogens with zero attached hydrogens (tertiary/aromatic N) is 3. The number of likely N-dealkylation sites (N-methyl/N-ethyl adjacent to an activating group) is 1. The van der Waals surface area contributed by atoms with E-state index in [4.69, 9.17) is 0 Å². The van der Waals surface area contributed by atoms with Crippen LogP contribution in [0.5, 0.6) is 0 Å². The van der Waals surface area contributed by atoms with E-state index in [9.17, 15) is 18.8 Å². The minimum Gasteiger partial charge on any atom is -0.343 e. The molecule has 2 aliphatic rings. The maximum absolute atomic E-state index is 13.9. The molecule has 33 heavy (non-hydrogen) atoms. The highest BCUT2D eigenvalue weighted by Crippen LogP contribution is 2.36. The van der Waals surface area contributed by atoms with Crippen LogP contribution in [0.1, 0.15) is 45.1 Å². The van der Waals surface area contributed by atoms with E-state index in [1.165, 1.54) is 17.0 Å². The van der Waals surface area contributed by atoms with Crippen molar-refractivity contribution in [2.45, 2.75) is 51.5 Å². The molecule has 0 bridgehead atoms. The molecule has 0 aromatic heterocycles. The van der Waals surface area contributed by atoms with Crippen LogP contribution in [-0.4, -0.2) is 78.4 Å². The van der Waals surface area contributed by atoms with E-state index in [0.717, 1.165) is 6.42 Å². The summed E-state index contributed by atoms with van der Waals surface area (Å²) in [6.07, 6.45) is 2.87. The Morgan fingerprint density at radius 3 is 2.55 bits per heavy atom. The van der Waals surface area contributed by atoms with Gasteiger partial charge in [0.2, 0.25) is 5.91 Å². The normalized spacial score (nSPS) is 21.9. The number of urea groups is 1. The number of piperidine rings is 1. The predicted octanol–water partition coefficient (Wildman–Crippen LogP) is 2.90. The van der Waals surface area contributed by atoms with Crippen LogP contribution in [0, 0.1) is 17.7 Å². The number of hydrogen-bond donors (Lipinski definition) is 1. The van der Waals surface area contributed by atoms with Crippen LogP contribution in [0.4, 0.5) is 9.18 Å². The fourth-order valence-electron chi connectivity index (χ4n) is 4.85. The van der Waals surface area contributed by atoms with Gasteiger partial charge in [-0.2, -0.15) is 0 Å². The zero-order chi connectivity index (χ0) is 24.2. The average Bonchev–Trinajstić information content (AvgIpc) is 3.00. The highest BCUT2D eigenvalue weighted by Gasteiger charge is 2.55. The van der Waals surface area contributed by atoms with Gasteiger partial charge in [-0.3, -0.25) is 14.5 Å². The molecular formula is C25H37FN4O3. The summed E-state index contributed by atoms with van der Waals surface area (Å²) in [6, 6.07) is 5.81. The van der Waals surface area contributed by atoms with Crippen molar-refractivity contribution in [3.63, 3.8) is 0 Å². The summed E-state index contributed by atoms with van der Waals surface area (Å²) >= 11 is 0. The van der Waals surface area contributed by atoms with E-state index in [-0.39, 0.29) is 30.0 Å². The largest absolute Gasteiger partial charge is 0.343 e. The monoisotopic (exact) mass is 460 g/mol. The number of rotatable bonds is 9. The first kappa shape index (κ1) is 25.1. The van der Waals surface area contributed by atoms with Gasteiger partial charge in [-0.25, -0.2) is 9.18 Å². The van der Waals surface area contributed by atoms with Crippen LogP contribution in [0.15, 0.2) is 24.3 Å². The van der Waals surface area contributed by atoms with Crippen molar-refractivity contribution in [2.75, 3.05) is 40.3 Å². The van der Waals surface area contributed by atoms with E-state index in [1.54, 1.807) is 12.1 Å². The lowest BCUT2D eigenvalue weighted by Gasteiger charge is -2.41. The molecule has 7 nitrogen and oxygen atoms in total. The number of hydrogen-bond acceptors (Lipinski definition) is 4. The first-order chi connectivity index (χ1) is 15.6. The summed E-state index contributed by atoms with van der Waals surface area (Å²) in [5.41, 5.74) is -0.446. The lowest BCUT2D eigenvalue weighted by molar-refractivity contribution is -0.136. The van der Waals surface area contributed by atoms with E-state index in [0.29, 0.717) is 56.9 Å². The number of benzene rings is 1. The molecule has 182 valence electrons. The summed E-state index contributed by atoms with van der Waals surface area (Å²) < 4.78 is 13.9. The van der Waals surface area contributed by atoms with Crippen LogP contribution < -0.4 is 5.32 Å². The maximum Gasteiger partial charge on any atom is 0.325 e. The molecule has 0 saturated carbocycles. The van der Waals surface area contributed by atoms with Gasteiger partial charge >= 0.3 is 6.03 Å². The Kier molecular flexibility index (Phi) is 8.10. The number of likely N-dealkylation sites (tertiary alicyclic amines) is 1. The SMILES string of the molecule is CC(C)CCC(=O)N1CCC(C2(Cc3cccc(F)c3)NC(=O)N(CCN(C)C)C2=O)CC1. The molecule has 2 saturated heterocycles.